The average Bonchev–Trinajstić information content (AvgIpc) is 3.04. The van der Waals surface area contributed by atoms with E-state index in [4.69, 9.17) is 14.7 Å². The van der Waals surface area contributed by atoms with E-state index in [1.807, 2.05) is 0 Å². The molecule has 1 aliphatic rings. The van der Waals surface area contributed by atoms with Crippen molar-refractivity contribution in [2.45, 2.75) is 96.0 Å². The Morgan fingerprint density at radius 3 is 2.14 bits per heavy atom. The molecule has 0 spiro atoms. The first-order valence-electron chi connectivity index (χ1n) is 9.50. The maximum Gasteiger partial charge on any atom is 0.0621 e. The van der Waals surface area contributed by atoms with E-state index in [2.05, 4.69) is 6.07 Å². The topological polar surface area (TPSA) is 42.2 Å². The maximum atomic E-state index is 8.43. The lowest BCUT2D eigenvalue weighted by molar-refractivity contribution is 0.101. The van der Waals surface area contributed by atoms with Crippen LogP contribution in [0.2, 0.25) is 0 Å². The van der Waals surface area contributed by atoms with Gasteiger partial charge in [-0.05, 0) is 38.5 Å². The van der Waals surface area contributed by atoms with E-state index in [1.165, 1.54) is 77.0 Å². The second kappa shape index (κ2) is 15.3. The summed E-state index contributed by atoms with van der Waals surface area (Å²) in [6, 6.07) is 2.20. The van der Waals surface area contributed by atoms with Crippen molar-refractivity contribution in [3.05, 3.63) is 0 Å². The Bertz CT molecular complexity index is 269. The third-order valence-corrected chi connectivity index (χ3v) is 4.42. The molecule has 0 aliphatic carbocycles. The van der Waals surface area contributed by atoms with Gasteiger partial charge >= 0.3 is 0 Å². The zero-order chi connectivity index (χ0) is 15.7. The molecule has 0 aromatic carbocycles. The normalized spacial score (nSPS) is 17.7. The van der Waals surface area contributed by atoms with E-state index in [0.29, 0.717) is 6.10 Å². The Kier molecular flexibility index (Phi) is 13.5. The Morgan fingerprint density at radius 2 is 1.50 bits per heavy atom. The van der Waals surface area contributed by atoms with E-state index in [0.717, 1.165) is 32.7 Å². The van der Waals surface area contributed by atoms with E-state index in [9.17, 15) is 0 Å². The molecule has 1 atom stereocenters. The lowest BCUT2D eigenvalue weighted by Crippen LogP contribution is -2.04. The third kappa shape index (κ3) is 12.0. The van der Waals surface area contributed by atoms with Gasteiger partial charge in [0.1, 0.15) is 0 Å². The quantitative estimate of drug-likeness (QED) is 0.381. The molecule has 0 radical (unpaired) electrons. The van der Waals surface area contributed by atoms with Crippen LogP contribution in [0.1, 0.15) is 89.9 Å². The van der Waals surface area contributed by atoms with Crippen LogP contribution in [0.5, 0.6) is 0 Å². The van der Waals surface area contributed by atoms with Gasteiger partial charge in [-0.25, -0.2) is 0 Å². The minimum absolute atomic E-state index is 0.566. The van der Waals surface area contributed by atoms with Gasteiger partial charge in [0.05, 0.1) is 12.2 Å². The fourth-order valence-electron chi connectivity index (χ4n) is 3.02. The van der Waals surface area contributed by atoms with Crippen molar-refractivity contribution >= 4 is 0 Å². The summed E-state index contributed by atoms with van der Waals surface area (Å²) in [4.78, 5) is 0. The van der Waals surface area contributed by atoms with Gasteiger partial charge < -0.3 is 9.47 Å². The highest BCUT2D eigenvalue weighted by Gasteiger charge is 2.14. The Hall–Kier alpha value is -0.590. The SMILES string of the molecule is N#CCCCCCCCCOCCCCCCC1CCCO1. The van der Waals surface area contributed by atoms with Gasteiger partial charge in [0.2, 0.25) is 0 Å². The van der Waals surface area contributed by atoms with E-state index in [-0.39, 0.29) is 0 Å². The molecule has 0 bridgehead atoms. The predicted octanol–water partition coefficient (Wildman–Crippen LogP) is 5.39. The minimum Gasteiger partial charge on any atom is -0.381 e. The van der Waals surface area contributed by atoms with Gasteiger partial charge in [0.15, 0.2) is 0 Å². The Labute approximate surface area is 137 Å². The van der Waals surface area contributed by atoms with Crippen LogP contribution in [0.15, 0.2) is 0 Å². The fraction of sp³-hybridized carbons (Fsp3) is 0.947. The molecule has 0 aromatic heterocycles. The van der Waals surface area contributed by atoms with Crippen molar-refractivity contribution in [3.63, 3.8) is 0 Å². The summed E-state index contributed by atoms with van der Waals surface area (Å²) in [6.07, 6.45) is 17.5. The average molecular weight is 309 g/mol. The molecule has 1 rings (SSSR count). The molecule has 0 aromatic rings. The summed E-state index contributed by atoms with van der Waals surface area (Å²) in [5, 5.41) is 8.43. The van der Waals surface area contributed by atoms with Crippen molar-refractivity contribution in [3.8, 4) is 6.07 Å². The molecule has 3 nitrogen and oxygen atoms in total. The molecular formula is C19H35NO2. The summed E-state index contributed by atoms with van der Waals surface area (Å²) in [5.41, 5.74) is 0. The molecule has 1 aliphatic heterocycles. The standard InChI is InChI=1S/C19H35NO2/c20-15-9-5-2-1-3-6-10-16-21-17-11-7-4-8-13-19-14-12-18-22-19/h19H,1-14,16-18H2. The molecule has 128 valence electrons. The molecule has 22 heavy (non-hydrogen) atoms. The number of rotatable bonds is 15. The highest BCUT2D eigenvalue weighted by Crippen LogP contribution is 2.18. The van der Waals surface area contributed by atoms with Crippen LogP contribution in [0, 0.1) is 11.3 Å². The third-order valence-electron chi connectivity index (χ3n) is 4.42. The highest BCUT2D eigenvalue weighted by molar-refractivity contribution is 4.67. The molecule has 1 unspecified atom stereocenters. The van der Waals surface area contributed by atoms with Crippen LogP contribution < -0.4 is 0 Å². The zero-order valence-corrected chi connectivity index (χ0v) is 14.4. The predicted molar refractivity (Wildman–Crippen MR) is 90.8 cm³/mol. The first-order valence-corrected chi connectivity index (χ1v) is 9.50. The van der Waals surface area contributed by atoms with Crippen LogP contribution in [-0.4, -0.2) is 25.9 Å². The van der Waals surface area contributed by atoms with Crippen LogP contribution in [0.4, 0.5) is 0 Å². The first-order chi connectivity index (χ1) is 10.9. The molecule has 0 amide bonds. The van der Waals surface area contributed by atoms with E-state index in [1.54, 1.807) is 0 Å². The lowest BCUT2D eigenvalue weighted by Gasteiger charge is -2.08. The largest absolute Gasteiger partial charge is 0.381 e. The van der Waals surface area contributed by atoms with Crippen LogP contribution in [0.3, 0.4) is 0 Å². The second-order valence-electron chi connectivity index (χ2n) is 6.48. The monoisotopic (exact) mass is 309 g/mol. The van der Waals surface area contributed by atoms with Crippen molar-refractivity contribution < 1.29 is 9.47 Å². The van der Waals surface area contributed by atoms with Crippen LogP contribution in [-0.2, 0) is 9.47 Å². The molecule has 1 saturated heterocycles. The molecule has 0 N–H and O–H groups in total. The number of nitrogens with zero attached hydrogens (tertiary/aromatic N) is 1. The number of nitriles is 1. The van der Waals surface area contributed by atoms with Gasteiger partial charge in [-0.3, -0.25) is 0 Å². The summed E-state index contributed by atoms with van der Waals surface area (Å²) in [5.74, 6) is 0. The summed E-state index contributed by atoms with van der Waals surface area (Å²) in [7, 11) is 0. The smallest absolute Gasteiger partial charge is 0.0621 e. The Morgan fingerprint density at radius 1 is 0.864 bits per heavy atom. The number of hydrogen-bond donors (Lipinski definition) is 0. The van der Waals surface area contributed by atoms with Crippen LogP contribution in [0.25, 0.3) is 0 Å². The van der Waals surface area contributed by atoms with Crippen molar-refractivity contribution in [1.29, 1.82) is 5.26 Å². The van der Waals surface area contributed by atoms with Crippen molar-refractivity contribution in [2.75, 3.05) is 19.8 Å². The number of unbranched alkanes of at least 4 members (excludes halogenated alkanes) is 9. The maximum absolute atomic E-state index is 8.43. The van der Waals surface area contributed by atoms with Crippen molar-refractivity contribution in [2.24, 2.45) is 0 Å². The summed E-state index contributed by atoms with van der Waals surface area (Å²) < 4.78 is 11.3. The number of hydrogen-bond acceptors (Lipinski definition) is 3. The Balaban J connectivity index is 1.65. The van der Waals surface area contributed by atoms with Crippen LogP contribution >= 0.6 is 0 Å². The van der Waals surface area contributed by atoms with Gasteiger partial charge in [-0.15, -0.1) is 0 Å². The van der Waals surface area contributed by atoms with E-state index >= 15 is 0 Å². The molecule has 3 heteroatoms. The summed E-state index contributed by atoms with van der Waals surface area (Å²) in [6.45, 7) is 2.84. The zero-order valence-electron chi connectivity index (χ0n) is 14.4. The van der Waals surface area contributed by atoms with Gasteiger partial charge in [-0.1, -0.05) is 44.9 Å². The molecule has 1 fully saturated rings. The van der Waals surface area contributed by atoms with Gasteiger partial charge in [0, 0.05) is 26.2 Å². The molecule has 1 heterocycles. The molecule has 0 saturated carbocycles. The fourth-order valence-corrected chi connectivity index (χ4v) is 3.02. The van der Waals surface area contributed by atoms with Crippen molar-refractivity contribution in [1.82, 2.24) is 0 Å². The van der Waals surface area contributed by atoms with E-state index < -0.39 is 0 Å². The summed E-state index contributed by atoms with van der Waals surface area (Å²) >= 11 is 0. The highest BCUT2D eigenvalue weighted by atomic mass is 16.5. The minimum atomic E-state index is 0.566. The number of ether oxygens (including phenoxy) is 2. The lowest BCUT2D eigenvalue weighted by atomic mass is 10.1. The molecular weight excluding hydrogens is 274 g/mol. The second-order valence-corrected chi connectivity index (χ2v) is 6.48. The first kappa shape index (κ1) is 19.5. The van der Waals surface area contributed by atoms with Gasteiger partial charge in [-0.2, -0.15) is 5.26 Å². The van der Waals surface area contributed by atoms with Gasteiger partial charge in [0.25, 0.3) is 0 Å².